The van der Waals surface area contributed by atoms with Crippen molar-refractivity contribution < 1.29 is 9.84 Å². The van der Waals surface area contributed by atoms with E-state index in [0.717, 1.165) is 0 Å². The zero-order chi connectivity index (χ0) is 16.6. The molecule has 0 saturated carbocycles. The molecule has 0 spiro atoms. The minimum absolute atomic E-state index is 0.251. The topological polar surface area (TPSA) is 84.3 Å². The van der Waals surface area contributed by atoms with Gasteiger partial charge in [0, 0.05) is 18.2 Å². The average molecular weight is 300 g/mol. The third-order valence-corrected chi connectivity index (χ3v) is 3.06. The number of aromatic amines is 1. The lowest BCUT2D eigenvalue weighted by atomic mass is 10.1. The van der Waals surface area contributed by atoms with Gasteiger partial charge < -0.3 is 9.84 Å². The SMILES string of the molecule is CC.CC.CCC1OC(n2cc(C)c(=O)[nH]c2=O)CC1O. The Bertz CT molecular complexity index is 521. The Morgan fingerprint density at radius 1 is 1.33 bits per heavy atom. The van der Waals surface area contributed by atoms with Gasteiger partial charge in [0.2, 0.25) is 0 Å². The van der Waals surface area contributed by atoms with Crippen LogP contribution in [0.15, 0.2) is 15.8 Å². The van der Waals surface area contributed by atoms with E-state index in [-0.39, 0.29) is 6.10 Å². The first-order valence-corrected chi connectivity index (χ1v) is 7.68. The van der Waals surface area contributed by atoms with E-state index in [2.05, 4.69) is 4.98 Å². The average Bonchev–Trinajstić information content (AvgIpc) is 2.88. The van der Waals surface area contributed by atoms with Gasteiger partial charge in [-0.3, -0.25) is 14.3 Å². The summed E-state index contributed by atoms with van der Waals surface area (Å²) in [6.45, 7) is 11.5. The van der Waals surface area contributed by atoms with Crippen LogP contribution in [0.3, 0.4) is 0 Å². The lowest BCUT2D eigenvalue weighted by molar-refractivity contribution is -0.0218. The Labute approximate surface area is 125 Å². The molecule has 0 radical (unpaired) electrons. The van der Waals surface area contributed by atoms with Crippen LogP contribution in [0.2, 0.25) is 0 Å². The maximum atomic E-state index is 11.6. The molecule has 2 heterocycles. The van der Waals surface area contributed by atoms with Crippen LogP contribution in [0.4, 0.5) is 0 Å². The van der Waals surface area contributed by atoms with Gasteiger partial charge in [-0.2, -0.15) is 0 Å². The van der Waals surface area contributed by atoms with Gasteiger partial charge in [0.05, 0.1) is 12.2 Å². The van der Waals surface area contributed by atoms with Crippen LogP contribution in [0.1, 0.15) is 59.3 Å². The smallest absolute Gasteiger partial charge is 0.330 e. The Hall–Kier alpha value is -1.40. The highest BCUT2D eigenvalue weighted by atomic mass is 16.5. The quantitative estimate of drug-likeness (QED) is 0.874. The fraction of sp³-hybridized carbons (Fsp3) is 0.733. The second-order valence-electron chi connectivity index (χ2n) is 4.32. The molecule has 122 valence electrons. The Morgan fingerprint density at radius 3 is 2.38 bits per heavy atom. The summed E-state index contributed by atoms with van der Waals surface area (Å²) in [4.78, 5) is 25.1. The number of ether oxygens (including phenoxy) is 1. The van der Waals surface area contributed by atoms with Crippen LogP contribution in [0, 0.1) is 6.92 Å². The molecule has 0 aromatic carbocycles. The number of nitrogens with one attached hydrogen (secondary N) is 1. The molecule has 6 nitrogen and oxygen atoms in total. The number of aliphatic hydroxyl groups is 1. The highest BCUT2D eigenvalue weighted by Crippen LogP contribution is 2.28. The van der Waals surface area contributed by atoms with Crippen LogP contribution in [-0.4, -0.2) is 26.9 Å². The number of aliphatic hydroxyl groups excluding tert-OH is 1. The van der Waals surface area contributed by atoms with Crippen molar-refractivity contribution in [2.45, 2.75) is 72.8 Å². The van der Waals surface area contributed by atoms with Crippen molar-refractivity contribution in [2.75, 3.05) is 0 Å². The summed E-state index contributed by atoms with van der Waals surface area (Å²) >= 11 is 0. The van der Waals surface area contributed by atoms with Crippen LogP contribution in [-0.2, 0) is 4.74 Å². The molecule has 1 fully saturated rings. The van der Waals surface area contributed by atoms with Crippen molar-refractivity contribution >= 4 is 0 Å². The van der Waals surface area contributed by atoms with Gasteiger partial charge in [0.15, 0.2) is 0 Å². The highest BCUT2D eigenvalue weighted by Gasteiger charge is 2.34. The molecule has 1 aromatic rings. The number of rotatable bonds is 2. The molecule has 1 aliphatic heterocycles. The van der Waals surface area contributed by atoms with E-state index >= 15 is 0 Å². The maximum absolute atomic E-state index is 11.6. The Morgan fingerprint density at radius 2 is 1.90 bits per heavy atom. The van der Waals surface area contributed by atoms with E-state index in [4.69, 9.17) is 4.74 Å². The first-order valence-electron chi connectivity index (χ1n) is 7.68. The summed E-state index contributed by atoms with van der Waals surface area (Å²) in [6, 6.07) is 0. The molecule has 3 unspecified atom stereocenters. The van der Waals surface area contributed by atoms with E-state index in [1.54, 1.807) is 6.92 Å². The van der Waals surface area contributed by atoms with Crippen LogP contribution < -0.4 is 11.2 Å². The monoisotopic (exact) mass is 300 g/mol. The van der Waals surface area contributed by atoms with Gasteiger partial charge in [-0.1, -0.05) is 34.6 Å². The molecule has 0 aliphatic carbocycles. The zero-order valence-corrected chi connectivity index (χ0v) is 13.8. The minimum Gasteiger partial charge on any atom is -0.390 e. The van der Waals surface area contributed by atoms with Crippen LogP contribution in [0.5, 0.6) is 0 Å². The van der Waals surface area contributed by atoms with E-state index in [0.29, 0.717) is 18.4 Å². The van der Waals surface area contributed by atoms with Gasteiger partial charge in [-0.05, 0) is 13.3 Å². The molecule has 2 N–H and O–H groups in total. The van der Waals surface area contributed by atoms with E-state index in [9.17, 15) is 14.7 Å². The number of nitrogens with zero attached hydrogens (tertiary/aromatic N) is 1. The zero-order valence-electron chi connectivity index (χ0n) is 13.8. The number of hydrogen-bond acceptors (Lipinski definition) is 4. The molecule has 1 saturated heterocycles. The summed E-state index contributed by atoms with van der Waals surface area (Å²) in [5, 5.41) is 9.72. The molecule has 2 rings (SSSR count). The van der Waals surface area contributed by atoms with E-state index in [1.807, 2.05) is 34.6 Å². The molecule has 1 aromatic heterocycles. The maximum Gasteiger partial charge on any atom is 0.330 e. The lowest BCUT2D eigenvalue weighted by Crippen LogP contribution is -2.33. The van der Waals surface area contributed by atoms with E-state index < -0.39 is 23.6 Å². The van der Waals surface area contributed by atoms with Gasteiger partial charge in [0.25, 0.3) is 5.56 Å². The van der Waals surface area contributed by atoms with Crippen molar-refractivity contribution in [1.29, 1.82) is 0 Å². The summed E-state index contributed by atoms with van der Waals surface area (Å²) < 4.78 is 6.90. The van der Waals surface area contributed by atoms with Gasteiger partial charge in [-0.15, -0.1) is 0 Å². The van der Waals surface area contributed by atoms with Crippen molar-refractivity contribution in [3.8, 4) is 0 Å². The summed E-state index contributed by atoms with van der Waals surface area (Å²) in [5.41, 5.74) is -0.450. The minimum atomic E-state index is -0.566. The number of aryl methyl sites for hydroxylation is 1. The molecule has 1 aliphatic rings. The highest BCUT2D eigenvalue weighted by molar-refractivity contribution is 5.01. The van der Waals surface area contributed by atoms with Crippen molar-refractivity contribution in [1.82, 2.24) is 9.55 Å². The van der Waals surface area contributed by atoms with Crippen LogP contribution >= 0.6 is 0 Å². The molecular formula is C15H28N2O4. The second-order valence-corrected chi connectivity index (χ2v) is 4.32. The molecule has 0 amide bonds. The molecule has 0 bridgehead atoms. The third kappa shape index (κ3) is 4.82. The lowest BCUT2D eigenvalue weighted by Gasteiger charge is -2.14. The predicted molar refractivity (Wildman–Crippen MR) is 83.6 cm³/mol. The number of aromatic nitrogens is 2. The Balaban J connectivity index is 0.000000921. The Kier molecular flexibility index (Phi) is 8.89. The number of H-pyrrole nitrogens is 1. The summed E-state index contributed by atoms with van der Waals surface area (Å²) in [5.74, 6) is 0. The first kappa shape index (κ1) is 19.6. The fourth-order valence-corrected chi connectivity index (χ4v) is 2.05. The van der Waals surface area contributed by atoms with Crippen LogP contribution in [0.25, 0.3) is 0 Å². The predicted octanol–water partition coefficient (Wildman–Crippen LogP) is 1.96. The third-order valence-electron chi connectivity index (χ3n) is 3.06. The van der Waals surface area contributed by atoms with Crippen molar-refractivity contribution in [3.05, 3.63) is 32.6 Å². The standard InChI is InChI=1S/C11H16N2O4.2C2H6/c1-3-8-7(14)4-9(17-8)13-5-6(2)10(15)12-11(13)16;2*1-2/h5,7-9,14H,3-4H2,1-2H3,(H,12,15,16);2*1-2H3. The first-order chi connectivity index (χ1) is 10.0. The van der Waals surface area contributed by atoms with Gasteiger partial charge >= 0.3 is 5.69 Å². The van der Waals surface area contributed by atoms with Gasteiger partial charge in [-0.25, -0.2) is 4.79 Å². The van der Waals surface area contributed by atoms with Crippen molar-refractivity contribution in [3.63, 3.8) is 0 Å². The molecule has 3 atom stereocenters. The van der Waals surface area contributed by atoms with E-state index in [1.165, 1.54) is 10.8 Å². The summed E-state index contributed by atoms with van der Waals surface area (Å²) in [6.07, 6.45) is 1.20. The van der Waals surface area contributed by atoms with Gasteiger partial charge in [0.1, 0.15) is 6.23 Å². The number of hydrogen-bond donors (Lipinski definition) is 2. The summed E-state index contributed by atoms with van der Waals surface area (Å²) in [7, 11) is 0. The van der Waals surface area contributed by atoms with Crippen molar-refractivity contribution in [2.24, 2.45) is 0 Å². The molecular weight excluding hydrogens is 272 g/mol. The second kappa shape index (κ2) is 9.52. The largest absolute Gasteiger partial charge is 0.390 e. The normalized spacial score (nSPS) is 23.7. The molecule has 21 heavy (non-hydrogen) atoms. The fourth-order valence-electron chi connectivity index (χ4n) is 2.05. The molecule has 6 heteroatoms.